The minimum Gasteiger partial charge on any atom is -0.355 e. The van der Waals surface area contributed by atoms with Gasteiger partial charge in [0.15, 0.2) is 0 Å². The number of H-pyrrole nitrogens is 1. The molecule has 0 atom stereocenters. The van der Waals surface area contributed by atoms with Crippen molar-refractivity contribution in [2.45, 2.75) is 13.1 Å². The normalized spacial score (nSPS) is 11.3. The number of aromatic amines is 1. The van der Waals surface area contributed by atoms with Gasteiger partial charge in [0.25, 0.3) is 11.5 Å². The third kappa shape index (κ3) is 3.14. The lowest BCUT2D eigenvalue weighted by Gasteiger charge is -2.13. The van der Waals surface area contributed by atoms with E-state index in [0.717, 1.165) is 17.6 Å². The van der Waals surface area contributed by atoms with E-state index in [2.05, 4.69) is 15.0 Å². The summed E-state index contributed by atoms with van der Waals surface area (Å²) in [6, 6.07) is 3.70. The lowest BCUT2D eigenvalue weighted by molar-refractivity contribution is -0.138. The van der Waals surface area contributed by atoms with Crippen molar-refractivity contribution in [3.8, 4) is 0 Å². The maximum atomic E-state index is 12.9. The Bertz CT molecular complexity index is 765. The molecule has 0 saturated heterocycles. The van der Waals surface area contributed by atoms with Crippen LogP contribution in [0.1, 0.15) is 21.5 Å². The molecule has 0 saturated carbocycles. The third-order valence-corrected chi connectivity index (χ3v) is 3.75. The van der Waals surface area contributed by atoms with Crippen LogP contribution in [0.5, 0.6) is 0 Å². The van der Waals surface area contributed by atoms with E-state index in [1.54, 1.807) is 0 Å². The summed E-state index contributed by atoms with van der Waals surface area (Å²) in [6.45, 7) is 1.36. The van der Waals surface area contributed by atoms with Gasteiger partial charge in [0, 0.05) is 12.7 Å². The number of hydrogen-bond acceptors (Lipinski definition) is 4. The van der Waals surface area contributed by atoms with Crippen molar-refractivity contribution < 1.29 is 18.0 Å². The number of alkyl halides is 3. The van der Waals surface area contributed by atoms with Gasteiger partial charge < -0.3 is 10.6 Å². The van der Waals surface area contributed by atoms with Crippen LogP contribution in [0, 0.1) is 6.92 Å². The van der Waals surface area contributed by atoms with Crippen LogP contribution in [-0.2, 0) is 6.18 Å². The van der Waals surface area contributed by atoms with Gasteiger partial charge in [-0.1, -0.05) is 6.07 Å². The van der Waals surface area contributed by atoms with E-state index < -0.39 is 23.2 Å². The molecule has 0 radical (unpaired) electrons. The number of amides is 1. The molecule has 9 heteroatoms. The zero-order chi connectivity index (χ0) is 16.5. The van der Waals surface area contributed by atoms with Gasteiger partial charge in [-0.3, -0.25) is 14.0 Å². The van der Waals surface area contributed by atoms with Gasteiger partial charge in [0.05, 0.1) is 5.56 Å². The van der Waals surface area contributed by atoms with Gasteiger partial charge in [-0.25, -0.2) is 0 Å². The van der Waals surface area contributed by atoms with Crippen molar-refractivity contribution in [1.29, 1.82) is 0 Å². The van der Waals surface area contributed by atoms with Gasteiger partial charge in [-0.2, -0.15) is 13.2 Å². The van der Waals surface area contributed by atoms with E-state index in [0.29, 0.717) is 0 Å². The second-order valence-electron chi connectivity index (χ2n) is 4.47. The Balaban J connectivity index is 2.41. The predicted molar refractivity (Wildman–Crippen MR) is 77.8 cm³/mol. The molecule has 0 aliphatic rings. The monoisotopic (exact) mass is 331 g/mol. The molecular weight excluding hydrogens is 319 g/mol. The molecule has 2 aromatic rings. The number of hydrogen-bond donors (Lipinski definition) is 3. The highest BCUT2D eigenvalue weighted by Gasteiger charge is 2.32. The average molecular weight is 331 g/mol. The molecule has 118 valence electrons. The molecule has 1 amide bonds. The number of carbonyl (C=O) groups is 1. The van der Waals surface area contributed by atoms with Crippen LogP contribution in [0.3, 0.4) is 0 Å². The zero-order valence-corrected chi connectivity index (χ0v) is 12.4. The zero-order valence-electron chi connectivity index (χ0n) is 11.6. The molecule has 0 bridgehead atoms. The first-order chi connectivity index (χ1) is 10.2. The van der Waals surface area contributed by atoms with E-state index in [9.17, 15) is 22.8 Å². The summed E-state index contributed by atoms with van der Waals surface area (Å²) in [5, 5.41) is 5.14. The largest absolute Gasteiger partial charge is 0.416 e. The fourth-order valence-electron chi connectivity index (χ4n) is 1.86. The Kier molecular flexibility index (Phi) is 4.27. The van der Waals surface area contributed by atoms with E-state index in [4.69, 9.17) is 0 Å². The Morgan fingerprint density at radius 1 is 1.32 bits per heavy atom. The molecular formula is C13H12F3N3O2S. The van der Waals surface area contributed by atoms with Crippen molar-refractivity contribution in [1.82, 2.24) is 9.69 Å². The minimum absolute atomic E-state index is 0.0897. The van der Waals surface area contributed by atoms with E-state index in [-0.39, 0.29) is 21.8 Å². The molecule has 0 fully saturated rings. The fraction of sp³-hybridized carbons (Fsp3) is 0.231. The van der Waals surface area contributed by atoms with Crippen LogP contribution in [0.25, 0.3) is 0 Å². The van der Waals surface area contributed by atoms with Crippen molar-refractivity contribution in [3.05, 3.63) is 45.2 Å². The topological polar surface area (TPSA) is 74.0 Å². The van der Waals surface area contributed by atoms with E-state index in [1.807, 2.05) is 0 Å². The van der Waals surface area contributed by atoms with E-state index in [1.165, 1.54) is 26.1 Å². The molecule has 0 aliphatic carbocycles. The predicted octanol–water partition coefficient (Wildman–Crippen LogP) is 2.87. The number of halogens is 3. The average Bonchev–Trinajstić information content (AvgIpc) is 2.80. The lowest BCUT2D eigenvalue weighted by Crippen LogP contribution is -2.24. The molecule has 1 aromatic carbocycles. The smallest absolute Gasteiger partial charge is 0.355 e. The number of benzene rings is 1. The molecule has 1 heterocycles. The summed E-state index contributed by atoms with van der Waals surface area (Å²) in [4.78, 5) is 23.2. The highest BCUT2D eigenvalue weighted by molar-refractivity contribution is 7.10. The maximum Gasteiger partial charge on any atom is 0.416 e. The Hall–Kier alpha value is -2.29. The van der Waals surface area contributed by atoms with Gasteiger partial charge in [-0.15, -0.1) is 0 Å². The number of anilines is 2. The van der Waals surface area contributed by atoms with Crippen LogP contribution in [0.15, 0.2) is 23.0 Å². The maximum absolute atomic E-state index is 12.9. The SMILES string of the molecule is CNC(=O)c1c(Nc2ccc(C)c(C(F)(F)F)c2)s[nH]c1=O. The molecule has 0 aliphatic heterocycles. The van der Waals surface area contributed by atoms with E-state index >= 15 is 0 Å². The van der Waals surface area contributed by atoms with Crippen LogP contribution < -0.4 is 16.2 Å². The first kappa shape index (κ1) is 16.1. The van der Waals surface area contributed by atoms with Crippen LogP contribution in [-0.4, -0.2) is 17.3 Å². The molecule has 0 unspecified atom stereocenters. The van der Waals surface area contributed by atoms with Crippen LogP contribution >= 0.6 is 11.5 Å². The second-order valence-corrected chi connectivity index (χ2v) is 5.29. The van der Waals surface area contributed by atoms with Crippen molar-refractivity contribution in [3.63, 3.8) is 0 Å². The molecule has 0 spiro atoms. The fourth-order valence-corrected chi connectivity index (χ4v) is 2.61. The van der Waals surface area contributed by atoms with Gasteiger partial charge >= 0.3 is 6.18 Å². The molecule has 2 rings (SSSR count). The molecule has 3 N–H and O–H groups in total. The van der Waals surface area contributed by atoms with Crippen LogP contribution in [0.2, 0.25) is 0 Å². The number of aromatic nitrogens is 1. The summed E-state index contributed by atoms with van der Waals surface area (Å²) in [6.07, 6.45) is -4.48. The van der Waals surface area contributed by atoms with Crippen molar-refractivity contribution >= 4 is 28.1 Å². The summed E-state index contributed by atoms with van der Waals surface area (Å²) >= 11 is 0.842. The first-order valence-corrected chi connectivity index (χ1v) is 6.94. The summed E-state index contributed by atoms with van der Waals surface area (Å²) in [5.74, 6) is -0.617. The number of rotatable bonds is 3. The highest BCUT2D eigenvalue weighted by Crippen LogP contribution is 2.34. The molecule has 22 heavy (non-hydrogen) atoms. The molecule has 1 aromatic heterocycles. The molecule has 5 nitrogen and oxygen atoms in total. The highest BCUT2D eigenvalue weighted by atomic mass is 32.1. The summed E-state index contributed by atoms with van der Waals surface area (Å²) in [7, 11) is 1.36. The summed E-state index contributed by atoms with van der Waals surface area (Å²) in [5.41, 5.74) is -1.32. The number of carbonyl (C=O) groups excluding carboxylic acids is 1. The number of aryl methyl sites for hydroxylation is 1. The Morgan fingerprint density at radius 3 is 2.59 bits per heavy atom. The summed E-state index contributed by atoms with van der Waals surface area (Å²) < 4.78 is 41.0. The quantitative estimate of drug-likeness (QED) is 0.810. The lowest BCUT2D eigenvalue weighted by atomic mass is 10.1. The second kappa shape index (κ2) is 5.84. The third-order valence-electron chi connectivity index (χ3n) is 2.95. The Labute approximate surface area is 127 Å². The number of nitrogens with one attached hydrogen (secondary N) is 3. The van der Waals surface area contributed by atoms with Gasteiger partial charge in [0.1, 0.15) is 10.6 Å². The van der Waals surface area contributed by atoms with Crippen molar-refractivity contribution in [2.75, 3.05) is 12.4 Å². The first-order valence-electron chi connectivity index (χ1n) is 6.12. The van der Waals surface area contributed by atoms with Gasteiger partial charge in [0.2, 0.25) is 0 Å². The van der Waals surface area contributed by atoms with Gasteiger partial charge in [-0.05, 0) is 36.2 Å². The minimum atomic E-state index is -4.48. The van der Waals surface area contributed by atoms with Crippen molar-refractivity contribution in [2.24, 2.45) is 0 Å². The van der Waals surface area contributed by atoms with Crippen LogP contribution in [0.4, 0.5) is 23.9 Å². The standard InChI is InChI=1S/C13H12F3N3O2S/c1-6-3-4-7(5-8(6)13(14,15)16)18-12-9(10(20)17-2)11(21)19-22-12/h3-5,18H,1-2H3,(H,17,20)(H,19,21). The Morgan fingerprint density at radius 2 is 2.00 bits per heavy atom.